The molecule has 0 bridgehead atoms. The molecule has 9 heteroatoms. The fourth-order valence-corrected chi connectivity index (χ4v) is 5.03. The smallest absolute Gasteiger partial charge is 0.332 e. The van der Waals surface area contributed by atoms with Crippen LogP contribution in [0, 0.1) is 5.92 Å². The van der Waals surface area contributed by atoms with Crippen molar-refractivity contribution in [1.29, 1.82) is 0 Å². The predicted molar refractivity (Wildman–Crippen MR) is 120 cm³/mol. The van der Waals surface area contributed by atoms with Crippen LogP contribution in [0.2, 0.25) is 0 Å². The van der Waals surface area contributed by atoms with Gasteiger partial charge in [-0.1, -0.05) is 26.2 Å². The second kappa shape index (κ2) is 8.88. The lowest BCUT2D eigenvalue weighted by molar-refractivity contribution is -0.132. The van der Waals surface area contributed by atoms with Gasteiger partial charge >= 0.3 is 5.69 Å². The molecular weight excluding hydrogens is 396 g/mol. The van der Waals surface area contributed by atoms with E-state index in [1.54, 1.807) is 7.05 Å². The molecule has 2 aliphatic rings. The number of amides is 1. The first-order valence-electron chi connectivity index (χ1n) is 11.6. The third kappa shape index (κ3) is 4.02. The summed E-state index contributed by atoms with van der Waals surface area (Å²) in [6.45, 7) is 5.40. The minimum atomic E-state index is -0.372. The number of hydrogen-bond donors (Lipinski definition) is 0. The standard InChI is InChI=1S/C22H34N6O3/c1-4-10-28-18-19(24(2)22(31)25(3)20(18)30)23-21(28)27-13-11-26(12-14-27)17(29)15-16-8-6-5-7-9-16/h16H,4-15H2,1-3H3. The van der Waals surface area contributed by atoms with Crippen LogP contribution in [0.25, 0.3) is 11.2 Å². The van der Waals surface area contributed by atoms with E-state index in [4.69, 9.17) is 4.98 Å². The Balaban J connectivity index is 1.55. The van der Waals surface area contributed by atoms with E-state index in [2.05, 4.69) is 11.8 Å². The van der Waals surface area contributed by atoms with E-state index in [0.29, 0.717) is 56.2 Å². The Morgan fingerprint density at radius 2 is 1.68 bits per heavy atom. The van der Waals surface area contributed by atoms with Gasteiger partial charge in [0.25, 0.3) is 5.56 Å². The highest BCUT2D eigenvalue weighted by Gasteiger charge is 2.28. The normalized spacial score (nSPS) is 18.2. The van der Waals surface area contributed by atoms with E-state index < -0.39 is 0 Å². The zero-order valence-corrected chi connectivity index (χ0v) is 19.0. The van der Waals surface area contributed by atoms with E-state index in [-0.39, 0.29) is 17.2 Å². The summed E-state index contributed by atoms with van der Waals surface area (Å²) >= 11 is 0. The van der Waals surface area contributed by atoms with Gasteiger partial charge in [0.15, 0.2) is 11.2 Å². The van der Waals surface area contributed by atoms with Crippen LogP contribution in [0.3, 0.4) is 0 Å². The molecule has 0 N–H and O–H groups in total. The summed E-state index contributed by atoms with van der Waals surface area (Å²) in [4.78, 5) is 46.8. The van der Waals surface area contributed by atoms with Gasteiger partial charge < -0.3 is 14.4 Å². The Morgan fingerprint density at radius 3 is 2.32 bits per heavy atom. The summed E-state index contributed by atoms with van der Waals surface area (Å²) in [5.74, 6) is 1.53. The molecule has 1 aliphatic carbocycles. The Labute approximate surface area is 182 Å². The van der Waals surface area contributed by atoms with Gasteiger partial charge in [0, 0.05) is 53.2 Å². The molecule has 1 saturated carbocycles. The average Bonchev–Trinajstić information content (AvgIpc) is 3.17. The second-order valence-corrected chi connectivity index (χ2v) is 9.02. The van der Waals surface area contributed by atoms with Gasteiger partial charge in [-0.3, -0.25) is 18.7 Å². The van der Waals surface area contributed by atoms with Gasteiger partial charge in [-0.25, -0.2) is 4.79 Å². The highest BCUT2D eigenvalue weighted by atomic mass is 16.2. The molecule has 4 rings (SSSR count). The molecule has 9 nitrogen and oxygen atoms in total. The van der Waals surface area contributed by atoms with Crippen molar-refractivity contribution in [2.24, 2.45) is 20.0 Å². The molecule has 0 unspecified atom stereocenters. The summed E-state index contributed by atoms with van der Waals surface area (Å²) in [6, 6.07) is 0. The number of rotatable bonds is 5. The van der Waals surface area contributed by atoms with Gasteiger partial charge in [-0.15, -0.1) is 0 Å². The van der Waals surface area contributed by atoms with Crippen LogP contribution in [0.4, 0.5) is 5.95 Å². The third-order valence-corrected chi connectivity index (χ3v) is 6.88. The number of carbonyl (C=O) groups excluding carboxylic acids is 1. The van der Waals surface area contributed by atoms with Crippen molar-refractivity contribution in [1.82, 2.24) is 23.6 Å². The molecule has 2 aromatic rings. The van der Waals surface area contributed by atoms with Gasteiger partial charge in [-0.05, 0) is 25.2 Å². The topological polar surface area (TPSA) is 85.4 Å². The van der Waals surface area contributed by atoms with Crippen LogP contribution in [0.5, 0.6) is 0 Å². The molecule has 1 aliphatic heterocycles. The van der Waals surface area contributed by atoms with Crippen molar-refractivity contribution in [2.45, 2.75) is 58.4 Å². The number of anilines is 1. The molecule has 0 spiro atoms. The second-order valence-electron chi connectivity index (χ2n) is 9.02. The summed E-state index contributed by atoms with van der Waals surface area (Å²) in [6.07, 6.45) is 7.69. The number of carbonyl (C=O) groups is 1. The molecule has 3 heterocycles. The summed E-state index contributed by atoms with van der Waals surface area (Å²) in [7, 11) is 3.16. The fraction of sp³-hybridized carbons (Fsp3) is 0.727. The van der Waals surface area contributed by atoms with Crippen LogP contribution in [0.15, 0.2) is 9.59 Å². The highest BCUT2D eigenvalue weighted by Crippen LogP contribution is 2.27. The van der Waals surface area contributed by atoms with Gasteiger partial charge in [0.05, 0.1) is 0 Å². The van der Waals surface area contributed by atoms with Crippen LogP contribution in [-0.2, 0) is 25.4 Å². The lowest BCUT2D eigenvalue weighted by Gasteiger charge is -2.36. The number of nitrogens with zero attached hydrogens (tertiary/aromatic N) is 6. The largest absolute Gasteiger partial charge is 0.339 e. The molecule has 0 aromatic carbocycles. The molecule has 0 radical (unpaired) electrons. The van der Waals surface area contributed by atoms with Crippen LogP contribution < -0.4 is 16.1 Å². The first kappa shape index (κ1) is 21.6. The number of imidazole rings is 1. The lowest BCUT2D eigenvalue weighted by Crippen LogP contribution is -2.49. The van der Waals surface area contributed by atoms with Crippen LogP contribution in [0.1, 0.15) is 51.9 Å². The lowest BCUT2D eigenvalue weighted by atomic mass is 9.86. The Hall–Kier alpha value is -2.58. The van der Waals surface area contributed by atoms with Crippen molar-refractivity contribution in [3.05, 3.63) is 20.8 Å². The zero-order valence-electron chi connectivity index (χ0n) is 19.0. The summed E-state index contributed by atoms with van der Waals surface area (Å²) in [5.41, 5.74) is 0.208. The summed E-state index contributed by atoms with van der Waals surface area (Å²) < 4.78 is 4.52. The van der Waals surface area contributed by atoms with Crippen molar-refractivity contribution < 1.29 is 4.79 Å². The van der Waals surface area contributed by atoms with E-state index in [9.17, 15) is 14.4 Å². The van der Waals surface area contributed by atoms with E-state index in [1.807, 2.05) is 9.47 Å². The third-order valence-electron chi connectivity index (χ3n) is 6.88. The SMILES string of the molecule is CCCn1c(N2CCN(C(=O)CC3CCCCC3)CC2)nc2c1c(=O)n(C)c(=O)n2C. The Bertz CT molecular complexity index is 1070. The van der Waals surface area contributed by atoms with Gasteiger partial charge in [-0.2, -0.15) is 4.98 Å². The number of aromatic nitrogens is 4. The van der Waals surface area contributed by atoms with Gasteiger partial charge in [0.1, 0.15) is 0 Å². The van der Waals surface area contributed by atoms with Crippen molar-refractivity contribution in [3.8, 4) is 0 Å². The minimum absolute atomic E-state index is 0.268. The zero-order chi connectivity index (χ0) is 22.1. The molecule has 1 amide bonds. The molecular formula is C22H34N6O3. The predicted octanol–water partition coefficient (Wildman–Crippen LogP) is 1.46. The molecule has 170 valence electrons. The maximum absolute atomic E-state index is 12.8. The number of hydrogen-bond acceptors (Lipinski definition) is 5. The van der Waals surface area contributed by atoms with Crippen molar-refractivity contribution in [2.75, 3.05) is 31.1 Å². The fourth-order valence-electron chi connectivity index (χ4n) is 5.03. The highest BCUT2D eigenvalue weighted by molar-refractivity contribution is 5.77. The van der Waals surface area contributed by atoms with Crippen LogP contribution >= 0.6 is 0 Å². The molecule has 0 atom stereocenters. The van der Waals surface area contributed by atoms with Crippen LogP contribution in [-0.4, -0.2) is 55.7 Å². The Kier molecular flexibility index (Phi) is 6.20. The number of aryl methyl sites for hydroxylation is 2. The number of piperazine rings is 1. The minimum Gasteiger partial charge on any atom is -0.339 e. The van der Waals surface area contributed by atoms with Gasteiger partial charge in [0.2, 0.25) is 11.9 Å². The Morgan fingerprint density at radius 1 is 1.00 bits per heavy atom. The van der Waals surface area contributed by atoms with E-state index in [0.717, 1.165) is 16.9 Å². The van der Waals surface area contributed by atoms with Crippen molar-refractivity contribution in [3.63, 3.8) is 0 Å². The molecule has 31 heavy (non-hydrogen) atoms. The quantitative estimate of drug-likeness (QED) is 0.717. The summed E-state index contributed by atoms with van der Waals surface area (Å²) in [5, 5.41) is 0. The number of fused-ring (bicyclic) bond motifs is 1. The molecule has 1 saturated heterocycles. The molecule has 2 aromatic heterocycles. The average molecular weight is 431 g/mol. The first-order valence-corrected chi connectivity index (χ1v) is 11.6. The van der Waals surface area contributed by atoms with E-state index in [1.165, 1.54) is 43.7 Å². The van der Waals surface area contributed by atoms with Crippen molar-refractivity contribution >= 4 is 23.0 Å². The molecule has 2 fully saturated rings. The maximum Gasteiger partial charge on any atom is 0.332 e. The monoisotopic (exact) mass is 430 g/mol. The first-order chi connectivity index (χ1) is 14.9. The maximum atomic E-state index is 12.8. The van der Waals surface area contributed by atoms with E-state index >= 15 is 0 Å².